The predicted octanol–water partition coefficient (Wildman–Crippen LogP) is 1.84. The summed E-state index contributed by atoms with van der Waals surface area (Å²) >= 11 is 0. The number of rotatable bonds is 8. The van der Waals surface area contributed by atoms with Crippen molar-refractivity contribution in [1.29, 1.82) is 0 Å². The first-order valence-electron chi connectivity index (χ1n) is 5.10. The maximum atomic E-state index is 10.6. The van der Waals surface area contributed by atoms with Crippen LogP contribution in [0.4, 0.5) is 0 Å². The molecular formula is C11H21NO2. The van der Waals surface area contributed by atoms with E-state index in [1.165, 1.54) is 18.9 Å². The molecule has 0 unspecified atom stereocenters. The first kappa shape index (κ1) is 13.2. The average molecular weight is 199 g/mol. The van der Waals surface area contributed by atoms with Gasteiger partial charge >= 0.3 is 5.97 Å². The molecule has 0 atom stereocenters. The zero-order chi connectivity index (χ0) is 10.8. The van der Waals surface area contributed by atoms with E-state index in [0.29, 0.717) is 6.61 Å². The Morgan fingerprint density at radius 3 is 2.50 bits per heavy atom. The lowest BCUT2D eigenvalue weighted by molar-refractivity contribution is -0.137. The summed E-state index contributed by atoms with van der Waals surface area (Å²) in [6.45, 7) is 4.98. The van der Waals surface area contributed by atoms with Crippen molar-refractivity contribution in [2.45, 2.75) is 25.7 Å². The summed E-state index contributed by atoms with van der Waals surface area (Å²) in [6, 6.07) is 0. The van der Waals surface area contributed by atoms with Gasteiger partial charge in [0.2, 0.25) is 0 Å². The molecule has 82 valence electrons. The molecule has 0 N–H and O–H groups in total. The Balaban J connectivity index is 3.06. The van der Waals surface area contributed by atoms with Crippen LogP contribution in [0.25, 0.3) is 0 Å². The predicted molar refractivity (Wildman–Crippen MR) is 58.2 cm³/mol. The van der Waals surface area contributed by atoms with Crippen molar-refractivity contribution in [2.24, 2.45) is 0 Å². The van der Waals surface area contributed by atoms with Gasteiger partial charge in [0.15, 0.2) is 0 Å². The molecule has 0 aliphatic carbocycles. The van der Waals surface area contributed by atoms with Crippen molar-refractivity contribution in [3.63, 3.8) is 0 Å². The van der Waals surface area contributed by atoms with E-state index in [1.807, 2.05) is 0 Å². The fraction of sp³-hybridized carbons (Fsp3) is 0.727. The van der Waals surface area contributed by atoms with Crippen LogP contribution in [-0.2, 0) is 9.53 Å². The van der Waals surface area contributed by atoms with E-state index in [4.69, 9.17) is 4.74 Å². The van der Waals surface area contributed by atoms with E-state index in [0.717, 1.165) is 19.4 Å². The maximum absolute atomic E-state index is 10.6. The lowest BCUT2D eigenvalue weighted by Gasteiger charge is -2.08. The molecule has 0 fully saturated rings. The van der Waals surface area contributed by atoms with Crippen LogP contribution in [0.1, 0.15) is 25.7 Å². The standard InChI is InChI=1S/C11H21NO2/c1-4-11(13)14-10-8-6-5-7-9-12(2)3/h4H,1,5-10H2,2-3H3. The van der Waals surface area contributed by atoms with Crippen LogP contribution in [0.2, 0.25) is 0 Å². The van der Waals surface area contributed by atoms with Crippen molar-refractivity contribution in [2.75, 3.05) is 27.2 Å². The number of esters is 1. The third-order valence-corrected chi connectivity index (χ3v) is 1.91. The largest absolute Gasteiger partial charge is 0.463 e. The van der Waals surface area contributed by atoms with Crippen molar-refractivity contribution >= 4 is 5.97 Å². The summed E-state index contributed by atoms with van der Waals surface area (Å²) in [7, 11) is 4.15. The minimum atomic E-state index is -0.321. The highest BCUT2D eigenvalue weighted by Gasteiger charge is 1.95. The fourth-order valence-corrected chi connectivity index (χ4v) is 1.12. The monoisotopic (exact) mass is 199 g/mol. The molecule has 0 aliphatic rings. The second-order valence-electron chi connectivity index (χ2n) is 3.59. The zero-order valence-corrected chi connectivity index (χ0v) is 9.29. The van der Waals surface area contributed by atoms with Gasteiger partial charge in [0.25, 0.3) is 0 Å². The summed E-state index contributed by atoms with van der Waals surface area (Å²) in [6.07, 6.45) is 5.68. The highest BCUT2D eigenvalue weighted by Crippen LogP contribution is 2.00. The van der Waals surface area contributed by atoms with Gasteiger partial charge in [-0.1, -0.05) is 19.4 Å². The molecule has 3 nitrogen and oxygen atoms in total. The van der Waals surface area contributed by atoms with E-state index in [2.05, 4.69) is 25.6 Å². The molecule has 0 saturated heterocycles. The van der Waals surface area contributed by atoms with Crippen LogP contribution in [0.15, 0.2) is 12.7 Å². The highest BCUT2D eigenvalue weighted by atomic mass is 16.5. The Labute approximate surface area is 86.7 Å². The summed E-state index contributed by atoms with van der Waals surface area (Å²) in [4.78, 5) is 12.8. The van der Waals surface area contributed by atoms with Gasteiger partial charge in [-0.05, 0) is 33.5 Å². The van der Waals surface area contributed by atoms with Crippen LogP contribution in [0.3, 0.4) is 0 Å². The number of carbonyl (C=O) groups is 1. The smallest absolute Gasteiger partial charge is 0.330 e. The van der Waals surface area contributed by atoms with Crippen LogP contribution in [-0.4, -0.2) is 38.1 Å². The molecule has 0 aromatic heterocycles. The van der Waals surface area contributed by atoms with Gasteiger partial charge in [-0.15, -0.1) is 0 Å². The first-order chi connectivity index (χ1) is 6.66. The summed E-state index contributed by atoms with van der Waals surface area (Å²) < 4.78 is 4.85. The van der Waals surface area contributed by atoms with E-state index >= 15 is 0 Å². The van der Waals surface area contributed by atoms with E-state index in [-0.39, 0.29) is 5.97 Å². The zero-order valence-electron chi connectivity index (χ0n) is 9.29. The van der Waals surface area contributed by atoms with Crippen molar-refractivity contribution in [1.82, 2.24) is 4.90 Å². The number of ether oxygens (including phenoxy) is 1. The Kier molecular flexibility index (Phi) is 8.24. The van der Waals surface area contributed by atoms with Crippen molar-refractivity contribution in [3.05, 3.63) is 12.7 Å². The Hall–Kier alpha value is -0.830. The lowest BCUT2D eigenvalue weighted by Crippen LogP contribution is -2.12. The third-order valence-electron chi connectivity index (χ3n) is 1.91. The van der Waals surface area contributed by atoms with Gasteiger partial charge in [-0.2, -0.15) is 0 Å². The Morgan fingerprint density at radius 1 is 1.29 bits per heavy atom. The van der Waals surface area contributed by atoms with Gasteiger partial charge in [0.05, 0.1) is 6.61 Å². The van der Waals surface area contributed by atoms with Gasteiger partial charge in [-0.3, -0.25) is 0 Å². The maximum Gasteiger partial charge on any atom is 0.330 e. The quantitative estimate of drug-likeness (QED) is 0.339. The van der Waals surface area contributed by atoms with Crippen LogP contribution >= 0.6 is 0 Å². The van der Waals surface area contributed by atoms with Crippen molar-refractivity contribution in [3.8, 4) is 0 Å². The van der Waals surface area contributed by atoms with Gasteiger partial charge < -0.3 is 9.64 Å². The molecule has 14 heavy (non-hydrogen) atoms. The molecule has 0 heterocycles. The lowest BCUT2D eigenvalue weighted by atomic mass is 10.2. The van der Waals surface area contributed by atoms with E-state index in [1.54, 1.807) is 0 Å². The number of hydrogen-bond acceptors (Lipinski definition) is 3. The fourth-order valence-electron chi connectivity index (χ4n) is 1.12. The van der Waals surface area contributed by atoms with Gasteiger partial charge in [-0.25, -0.2) is 4.79 Å². The second kappa shape index (κ2) is 8.75. The minimum Gasteiger partial charge on any atom is -0.463 e. The molecule has 0 bridgehead atoms. The number of nitrogens with zero attached hydrogens (tertiary/aromatic N) is 1. The minimum absolute atomic E-state index is 0.321. The molecule has 0 spiro atoms. The second-order valence-corrected chi connectivity index (χ2v) is 3.59. The molecule has 0 aliphatic heterocycles. The number of unbranched alkanes of at least 4 members (excludes halogenated alkanes) is 3. The van der Waals surface area contributed by atoms with Crippen LogP contribution < -0.4 is 0 Å². The molecule has 0 aromatic carbocycles. The number of carbonyl (C=O) groups excluding carboxylic acids is 1. The molecule has 3 heteroatoms. The van der Waals surface area contributed by atoms with Gasteiger partial charge in [0, 0.05) is 6.08 Å². The number of hydrogen-bond donors (Lipinski definition) is 0. The normalized spacial score (nSPS) is 10.2. The topological polar surface area (TPSA) is 29.5 Å². The molecule has 0 rings (SSSR count). The first-order valence-corrected chi connectivity index (χ1v) is 5.10. The highest BCUT2D eigenvalue weighted by molar-refractivity contribution is 5.81. The van der Waals surface area contributed by atoms with E-state index < -0.39 is 0 Å². The summed E-state index contributed by atoms with van der Waals surface area (Å²) in [5, 5.41) is 0. The van der Waals surface area contributed by atoms with Crippen LogP contribution in [0.5, 0.6) is 0 Å². The molecule has 0 radical (unpaired) electrons. The molecule has 0 aromatic rings. The van der Waals surface area contributed by atoms with Gasteiger partial charge in [0.1, 0.15) is 0 Å². The summed E-state index contributed by atoms with van der Waals surface area (Å²) in [5.74, 6) is -0.321. The Bertz CT molecular complexity index is 167. The average Bonchev–Trinajstić information content (AvgIpc) is 2.15. The summed E-state index contributed by atoms with van der Waals surface area (Å²) in [5.41, 5.74) is 0. The SMILES string of the molecule is C=CC(=O)OCCCCCCN(C)C. The van der Waals surface area contributed by atoms with Crippen molar-refractivity contribution < 1.29 is 9.53 Å². The molecular weight excluding hydrogens is 178 g/mol. The molecule has 0 amide bonds. The molecule has 0 saturated carbocycles. The Morgan fingerprint density at radius 2 is 1.93 bits per heavy atom. The third kappa shape index (κ3) is 9.26. The van der Waals surface area contributed by atoms with E-state index in [9.17, 15) is 4.79 Å². The van der Waals surface area contributed by atoms with Crippen LogP contribution in [0, 0.1) is 0 Å².